The van der Waals surface area contributed by atoms with Gasteiger partial charge in [-0.1, -0.05) is 0 Å². The van der Waals surface area contributed by atoms with Crippen LogP contribution in [0.2, 0.25) is 0 Å². The van der Waals surface area contributed by atoms with Gasteiger partial charge in [-0.2, -0.15) is 13.2 Å². The number of aromatic nitrogens is 5. The summed E-state index contributed by atoms with van der Waals surface area (Å²) in [6.45, 7) is 4.27. The Hall–Kier alpha value is -3.69. The number of pyridine rings is 1. The largest absolute Gasteiger partial charge is 0.419 e. The van der Waals surface area contributed by atoms with Crippen LogP contribution in [0.4, 0.5) is 30.1 Å². The van der Waals surface area contributed by atoms with Gasteiger partial charge in [0.25, 0.3) is 5.91 Å². The maximum atomic E-state index is 13.2. The van der Waals surface area contributed by atoms with Crippen molar-refractivity contribution < 1.29 is 23.1 Å². The molecule has 15 heteroatoms. The fourth-order valence-electron chi connectivity index (χ4n) is 4.17. The first kappa shape index (κ1) is 26.9. The number of thiazole rings is 2. The van der Waals surface area contributed by atoms with Gasteiger partial charge in [-0.15, -0.1) is 22.7 Å². The van der Waals surface area contributed by atoms with E-state index in [1.54, 1.807) is 28.4 Å². The molecule has 1 saturated heterocycles. The quantitative estimate of drug-likeness (QED) is 0.349. The van der Waals surface area contributed by atoms with E-state index >= 15 is 0 Å². The normalized spacial score (nSPS) is 16.0. The second-order valence-corrected chi connectivity index (χ2v) is 10.9. The molecular formula is C24H23F3N8O2S2. The molecule has 0 radical (unpaired) electrons. The average Bonchev–Trinajstić information content (AvgIpc) is 3.52. The zero-order chi connectivity index (χ0) is 27.7. The van der Waals surface area contributed by atoms with Crippen molar-refractivity contribution in [1.82, 2.24) is 29.8 Å². The van der Waals surface area contributed by atoms with Crippen molar-refractivity contribution in [2.24, 2.45) is 0 Å². The lowest BCUT2D eigenvalue weighted by Gasteiger charge is -2.40. The summed E-state index contributed by atoms with van der Waals surface area (Å²) in [5.74, 6) is 0.318. The van der Waals surface area contributed by atoms with Gasteiger partial charge < -0.3 is 20.2 Å². The zero-order valence-corrected chi connectivity index (χ0v) is 22.4. The van der Waals surface area contributed by atoms with Crippen molar-refractivity contribution in [2.45, 2.75) is 26.1 Å². The van der Waals surface area contributed by atoms with E-state index in [4.69, 9.17) is 0 Å². The van der Waals surface area contributed by atoms with Gasteiger partial charge in [-0.05, 0) is 26.0 Å². The van der Waals surface area contributed by atoms with Gasteiger partial charge in [0, 0.05) is 43.6 Å². The van der Waals surface area contributed by atoms with Gasteiger partial charge in [0.2, 0.25) is 5.95 Å². The van der Waals surface area contributed by atoms with Crippen molar-refractivity contribution in [3.63, 3.8) is 0 Å². The first-order valence-electron chi connectivity index (χ1n) is 11.8. The molecule has 4 aromatic rings. The van der Waals surface area contributed by atoms with Crippen LogP contribution >= 0.6 is 22.7 Å². The molecule has 5 heterocycles. The topological polar surface area (TPSA) is 120 Å². The van der Waals surface area contributed by atoms with Crippen LogP contribution in [0, 0.1) is 13.8 Å². The van der Waals surface area contributed by atoms with E-state index in [1.807, 2.05) is 19.2 Å². The number of anilines is 3. The number of piperazine rings is 1. The first-order valence-corrected chi connectivity index (χ1v) is 13.5. The number of rotatable bonds is 6. The predicted octanol–water partition coefficient (Wildman–Crippen LogP) is 4.15. The molecule has 1 aliphatic heterocycles. The second kappa shape index (κ2) is 10.8. The van der Waals surface area contributed by atoms with E-state index in [-0.39, 0.29) is 31.6 Å². The molecule has 0 saturated carbocycles. The maximum absolute atomic E-state index is 13.2. The Morgan fingerprint density at radius 2 is 1.90 bits per heavy atom. The number of hydrogen-bond acceptors (Lipinski definition) is 11. The van der Waals surface area contributed by atoms with Gasteiger partial charge in [-0.25, -0.2) is 24.9 Å². The van der Waals surface area contributed by atoms with E-state index < -0.39 is 17.8 Å². The Kier molecular flexibility index (Phi) is 7.46. The summed E-state index contributed by atoms with van der Waals surface area (Å²) in [5, 5.41) is 16.7. The highest BCUT2D eigenvalue weighted by Gasteiger charge is 2.34. The van der Waals surface area contributed by atoms with Crippen molar-refractivity contribution in [2.75, 3.05) is 36.5 Å². The molecule has 4 aromatic heterocycles. The highest BCUT2D eigenvalue weighted by atomic mass is 32.1. The van der Waals surface area contributed by atoms with E-state index in [0.717, 1.165) is 33.7 Å². The molecule has 0 bridgehead atoms. The Morgan fingerprint density at radius 3 is 2.51 bits per heavy atom. The smallest absolute Gasteiger partial charge is 0.394 e. The molecule has 1 amide bonds. The number of nitrogens with one attached hydrogen (secondary N) is 1. The van der Waals surface area contributed by atoms with Crippen LogP contribution in [0.15, 0.2) is 36.1 Å². The molecule has 204 valence electrons. The number of aryl methyl sites for hydroxylation is 2. The molecule has 1 aliphatic rings. The van der Waals surface area contributed by atoms with Crippen LogP contribution in [0.5, 0.6) is 0 Å². The zero-order valence-electron chi connectivity index (χ0n) is 20.8. The highest BCUT2D eigenvalue weighted by Crippen LogP contribution is 2.33. The number of amides is 1. The van der Waals surface area contributed by atoms with E-state index in [2.05, 4.69) is 30.2 Å². The number of aliphatic hydroxyl groups excluding tert-OH is 1. The molecule has 1 fully saturated rings. The lowest BCUT2D eigenvalue weighted by molar-refractivity contribution is -0.138. The van der Waals surface area contributed by atoms with Crippen molar-refractivity contribution in [3.8, 4) is 10.6 Å². The minimum Gasteiger partial charge on any atom is -0.394 e. The third kappa shape index (κ3) is 5.84. The average molecular weight is 577 g/mol. The third-order valence-electron chi connectivity index (χ3n) is 6.09. The number of aliphatic hydroxyl groups is 1. The highest BCUT2D eigenvalue weighted by molar-refractivity contribution is 7.16. The summed E-state index contributed by atoms with van der Waals surface area (Å²) in [7, 11) is 0. The van der Waals surface area contributed by atoms with E-state index in [9.17, 15) is 23.1 Å². The number of hydrogen-bond donors (Lipinski definition) is 2. The maximum Gasteiger partial charge on any atom is 0.419 e. The summed E-state index contributed by atoms with van der Waals surface area (Å²) in [6.07, 6.45) is -1.62. The molecule has 1 atom stereocenters. The monoisotopic (exact) mass is 576 g/mol. The molecule has 10 nitrogen and oxygen atoms in total. The van der Waals surface area contributed by atoms with Gasteiger partial charge in [0.1, 0.15) is 5.82 Å². The van der Waals surface area contributed by atoms with Crippen LogP contribution in [0.3, 0.4) is 0 Å². The van der Waals surface area contributed by atoms with Gasteiger partial charge in [0.15, 0.2) is 5.13 Å². The summed E-state index contributed by atoms with van der Waals surface area (Å²) in [6, 6.07) is 2.72. The van der Waals surface area contributed by atoms with Crippen LogP contribution in [-0.2, 0) is 6.18 Å². The number of carbonyl (C=O) groups is 1. The molecule has 0 aromatic carbocycles. The second-order valence-electron chi connectivity index (χ2n) is 8.79. The van der Waals surface area contributed by atoms with E-state index in [0.29, 0.717) is 23.1 Å². The van der Waals surface area contributed by atoms with Crippen LogP contribution in [0.1, 0.15) is 26.6 Å². The van der Waals surface area contributed by atoms with Crippen LogP contribution < -0.4 is 10.2 Å². The number of nitrogens with zero attached hydrogens (tertiary/aromatic N) is 7. The molecule has 0 aliphatic carbocycles. The van der Waals surface area contributed by atoms with Gasteiger partial charge >= 0.3 is 6.18 Å². The van der Waals surface area contributed by atoms with Crippen LogP contribution in [-0.4, -0.2) is 73.1 Å². The van der Waals surface area contributed by atoms with Crippen LogP contribution in [0.25, 0.3) is 10.6 Å². The Labute approximate surface area is 229 Å². The summed E-state index contributed by atoms with van der Waals surface area (Å²) in [5.41, 5.74) is 1.18. The van der Waals surface area contributed by atoms with Gasteiger partial charge in [0.05, 0.1) is 45.0 Å². The lowest BCUT2D eigenvalue weighted by Crippen LogP contribution is -2.57. The third-order valence-corrected chi connectivity index (χ3v) is 7.94. The number of alkyl halides is 3. The minimum absolute atomic E-state index is 0.108. The Balaban J connectivity index is 1.22. The standard InChI is InChI=1S/C24H23F3N8O2S2/c1-13-20(39-14(2)31-13)18-12-38-23(32-18)33-19-4-3-15(7-28-19)21(37)35-6-5-34(10-17(35)11-36)22-29-8-16(9-30-22)24(25,26)27/h3-4,7-9,12,17,36H,5-6,10-11H2,1-2H3,(H,28,32,33). The SMILES string of the molecule is Cc1nc(C)c(-c2csc(Nc3ccc(C(=O)N4CCN(c5ncc(C(F)(F)F)cn5)CC4CO)cn3)n2)s1. The van der Waals surface area contributed by atoms with Crippen molar-refractivity contribution >= 4 is 45.5 Å². The van der Waals surface area contributed by atoms with E-state index in [1.165, 1.54) is 22.4 Å². The molecular weight excluding hydrogens is 553 g/mol. The Morgan fingerprint density at radius 1 is 1.13 bits per heavy atom. The lowest BCUT2D eigenvalue weighted by atomic mass is 10.1. The summed E-state index contributed by atoms with van der Waals surface area (Å²) < 4.78 is 38.4. The summed E-state index contributed by atoms with van der Waals surface area (Å²) in [4.78, 5) is 38.4. The fraction of sp³-hybridized carbons (Fsp3) is 0.333. The molecule has 39 heavy (non-hydrogen) atoms. The van der Waals surface area contributed by atoms with Gasteiger partial charge in [-0.3, -0.25) is 4.79 Å². The molecule has 0 spiro atoms. The van der Waals surface area contributed by atoms with Crippen molar-refractivity contribution in [3.05, 3.63) is 57.9 Å². The number of halogens is 3. The summed E-state index contributed by atoms with van der Waals surface area (Å²) >= 11 is 3.02. The molecule has 1 unspecified atom stereocenters. The fourth-order valence-corrected chi connectivity index (χ4v) is 5.83. The minimum atomic E-state index is -4.53. The number of carbonyl (C=O) groups excluding carboxylic acids is 1. The first-order chi connectivity index (χ1) is 18.6. The molecule has 2 N–H and O–H groups in total. The molecule has 5 rings (SSSR count). The van der Waals surface area contributed by atoms with Crippen molar-refractivity contribution in [1.29, 1.82) is 0 Å². The Bertz CT molecular complexity index is 1460. The predicted molar refractivity (Wildman–Crippen MR) is 141 cm³/mol.